The van der Waals surface area contributed by atoms with Gasteiger partial charge >= 0.3 is 0 Å². The summed E-state index contributed by atoms with van der Waals surface area (Å²) in [6.45, 7) is 2.60. The number of aromatic nitrogens is 1. The zero-order valence-electron chi connectivity index (χ0n) is 12.1. The molecule has 0 atom stereocenters. The van der Waals surface area contributed by atoms with E-state index in [2.05, 4.69) is 16.8 Å². The first-order valence-electron chi connectivity index (χ1n) is 6.55. The smallest absolute Gasteiger partial charge is 0.255 e. The molecule has 2 N–H and O–H groups in total. The predicted molar refractivity (Wildman–Crippen MR) is 79.4 cm³/mol. The van der Waals surface area contributed by atoms with Gasteiger partial charge in [-0.25, -0.2) is 0 Å². The number of carbonyl (C=O) groups excluding carboxylic acids is 1. The van der Waals surface area contributed by atoms with E-state index >= 15 is 0 Å². The lowest BCUT2D eigenvalue weighted by atomic mass is 10.1. The molecule has 5 nitrogen and oxygen atoms in total. The minimum atomic E-state index is -0.112. The van der Waals surface area contributed by atoms with Crippen LogP contribution in [0.15, 0.2) is 35.2 Å². The highest BCUT2D eigenvalue weighted by atomic mass is 16.3. The first-order chi connectivity index (χ1) is 10.1. The van der Waals surface area contributed by atoms with Gasteiger partial charge < -0.3 is 15.1 Å². The zero-order valence-corrected chi connectivity index (χ0v) is 12.1. The van der Waals surface area contributed by atoms with E-state index in [4.69, 9.17) is 10.2 Å². The molecule has 1 amide bonds. The third-order valence-electron chi connectivity index (χ3n) is 3.10. The lowest BCUT2D eigenvalue weighted by Gasteiger charge is -2.17. The van der Waals surface area contributed by atoms with Crippen LogP contribution in [0, 0.1) is 18.8 Å². The topological polar surface area (TPSA) is 72.4 Å². The number of hydrogen-bond acceptors (Lipinski definition) is 4. The van der Waals surface area contributed by atoms with Gasteiger partial charge in [-0.2, -0.15) is 0 Å². The number of rotatable bonds is 3. The van der Waals surface area contributed by atoms with Crippen molar-refractivity contribution in [1.29, 1.82) is 0 Å². The Bertz CT molecular complexity index is 695. The van der Waals surface area contributed by atoms with Crippen molar-refractivity contribution in [3.63, 3.8) is 0 Å². The van der Waals surface area contributed by atoms with Gasteiger partial charge in [0.25, 0.3) is 5.91 Å². The second-order valence-electron chi connectivity index (χ2n) is 4.59. The van der Waals surface area contributed by atoms with Gasteiger partial charge in [0.05, 0.1) is 23.9 Å². The maximum atomic E-state index is 12.5. The molecule has 0 spiro atoms. The molecule has 0 aliphatic heterocycles. The zero-order chi connectivity index (χ0) is 15.2. The van der Waals surface area contributed by atoms with E-state index in [1.807, 2.05) is 13.0 Å². The summed E-state index contributed by atoms with van der Waals surface area (Å²) in [7, 11) is 1.75. The van der Waals surface area contributed by atoms with Crippen LogP contribution < -0.4 is 5.73 Å². The van der Waals surface area contributed by atoms with Crippen molar-refractivity contribution in [2.45, 2.75) is 13.5 Å². The number of amides is 1. The van der Waals surface area contributed by atoms with Crippen LogP contribution >= 0.6 is 0 Å². The Labute approximate surface area is 123 Å². The molecule has 2 heterocycles. The lowest BCUT2D eigenvalue weighted by molar-refractivity contribution is 0.0784. The molecule has 0 saturated heterocycles. The molecule has 0 unspecified atom stereocenters. The molecule has 0 radical (unpaired) electrons. The molecule has 0 bridgehead atoms. The molecule has 2 rings (SSSR count). The Balaban J connectivity index is 2.21. The van der Waals surface area contributed by atoms with Crippen molar-refractivity contribution in [3.05, 3.63) is 53.2 Å². The van der Waals surface area contributed by atoms with E-state index in [1.165, 1.54) is 0 Å². The average molecular weight is 283 g/mol. The normalized spacial score (nSPS) is 9.86. The van der Waals surface area contributed by atoms with Crippen molar-refractivity contribution >= 4 is 5.91 Å². The second kappa shape index (κ2) is 6.73. The maximum Gasteiger partial charge on any atom is 0.255 e. The molecule has 2 aromatic heterocycles. The third kappa shape index (κ3) is 3.50. The third-order valence-corrected chi connectivity index (χ3v) is 3.10. The number of hydrogen-bond donors (Lipinski definition) is 1. The van der Waals surface area contributed by atoms with Crippen LogP contribution in [0.5, 0.6) is 0 Å². The number of nitrogens with two attached hydrogens (primary N) is 1. The molecular weight excluding hydrogens is 266 g/mol. The minimum absolute atomic E-state index is 0.112. The summed E-state index contributed by atoms with van der Waals surface area (Å²) >= 11 is 0. The quantitative estimate of drug-likeness (QED) is 0.868. The van der Waals surface area contributed by atoms with Crippen LogP contribution in [0.4, 0.5) is 0 Å². The van der Waals surface area contributed by atoms with Crippen LogP contribution in [-0.4, -0.2) is 29.4 Å². The lowest BCUT2D eigenvalue weighted by Crippen LogP contribution is -2.27. The molecule has 2 aromatic rings. The van der Waals surface area contributed by atoms with Crippen LogP contribution in [-0.2, 0) is 6.54 Å². The monoisotopic (exact) mass is 283 g/mol. The van der Waals surface area contributed by atoms with E-state index in [-0.39, 0.29) is 12.5 Å². The second-order valence-corrected chi connectivity index (χ2v) is 4.59. The number of nitrogens with zero attached hydrogens (tertiary/aromatic N) is 2. The molecule has 108 valence electrons. The van der Waals surface area contributed by atoms with Crippen molar-refractivity contribution < 1.29 is 9.21 Å². The van der Waals surface area contributed by atoms with Crippen LogP contribution in [0.25, 0.3) is 0 Å². The average Bonchev–Trinajstić information content (AvgIpc) is 2.90. The maximum absolute atomic E-state index is 12.5. The fourth-order valence-electron chi connectivity index (χ4n) is 1.94. The van der Waals surface area contributed by atoms with Gasteiger partial charge in [0, 0.05) is 31.5 Å². The minimum Gasteiger partial charge on any atom is -0.469 e. The van der Waals surface area contributed by atoms with E-state index in [0.29, 0.717) is 17.7 Å². The number of aryl methyl sites for hydroxylation is 1. The Morgan fingerprint density at radius 1 is 1.48 bits per heavy atom. The Morgan fingerprint density at radius 3 is 2.95 bits per heavy atom. The van der Waals surface area contributed by atoms with Gasteiger partial charge in [0.15, 0.2) is 0 Å². The summed E-state index contributed by atoms with van der Waals surface area (Å²) < 4.78 is 5.24. The summed E-state index contributed by atoms with van der Waals surface area (Å²) in [5.41, 5.74) is 7.46. The summed E-state index contributed by atoms with van der Waals surface area (Å²) in [6, 6.07) is 3.53. The predicted octanol–water partition coefficient (Wildman–Crippen LogP) is 1.57. The molecule has 21 heavy (non-hydrogen) atoms. The molecule has 0 aliphatic carbocycles. The number of carbonyl (C=O) groups is 1. The highest BCUT2D eigenvalue weighted by Crippen LogP contribution is 2.14. The molecule has 0 aromatic carbocycles. The fourth-order valence-corrected chi connectivity index (χ4v) is 1.94. The summed E-state index contributed by atoms with van der Waals surface area (Å²) in [5.74, 6) is 6.32. The first-order valence-corrected chi connectivity index (χ1v) is 6.55. The van der Waals surface area contributed by atoms with Gasteiger partial charge in [-0.1, -0.05) is 11.8 Å². The Hall–Kier alpha value is -2.58. The van der Waals surface area contributed by atoms with Gasteiger partial charge in [0.1, 0.15) is 5.76 Å². The first kappa shape index (κ1) is 14.8. The van der Waals surface area contributed by atoms with Gasteiger partial charge in [-0.05, 0) is 19.1 Å². The number of furan rings is 1. The van der Waals surface area contributed by atoms with Crippen molar-refractivity contribution in [1.82, 2.24) is 9.88 Å². The molecule has 0 fully saturated rings. The summed E-state index contributed by atoms with van der Waals surface area (Å²) in [4.78, 5) is 18.2. The summed E-state index contributed by atoms with van der Waals surface area (Å²) in [5, 5.41) is 0. The van der Waals surface area contributed by atoms with E-state index in [9.17, 15) is 4.79 Å². The van der Waals surface area contributed by atoms with Crippen molar-refractivity contribution in [3.8, 4) is 11.8 Å². The molecular formula is C16H17N3O2. The highest BCUT2D eigenvalue weighted by molar-refractivity contribution is 5.96. The fraction of sp³-hybridized carbons (Fsp3) is 0.250. The van der Waals surface area contributed by atoms with Crippen LogP contribution in [0.1, 0.15) is 27.2 Å². The SMILES string of the molecule is Cc1occc1CN(C)C(=O)c1ccncc1C#CCN. The van der Waals surface area contributed by atoms with Crippen molar-refractivity contribution in [2.24, 2.45) is 5.73 Å². The van der Waals surface area contributed by atoms with Gasteiger partial charge in [-0.3, -0.25) is 9.78 Å². The van der Waals surface area contributed by atoms with Crippen LogP contribution in [0.3, 0.4) is 0 Å². The standard InChI is InChI=1S/C16H17N3O2/c1-12-14(6-9-21-12)11-19(2)16(20)15-5-8-18-10-13(15)4-3-7-17/h5-6,8-10H,7,11,17H2,1-2H3. The Kier molecular flexibility index (Phi) is 4.75. The van der Waals surface area contributed by atoms with E-state index in [1.54, 1.807) is 36.7 Å². The highest BCUT2D eigenvalue weighted by Gasteiger charge is 2.16. The van der Waals surface area contributed by atoms with Gasteiger partial charge in [0.2, 0.25) is 0 Å². The van der Waals surface area contributed by atoms with Gasteiger partial charge in [-0.15, -0.1) is 0 Å². The van der Waals surface area contributed by atoms with E-state index in [0.717, 1.165) is 11.3 Å². The number of pyridine rings is 1. The molecule has 0 aliphatic rings. The molecule has 5 heteroatoms. The van der Waals surface area contributed by atoms with Crippen molar-refractivity contribution in [2.75, 3.05) is 13.6 Å². The van der Waals surface area contributed by atoms with E-state index < -0.39 is 0 Å². The Morgan fingerprint density at radius 2 is 2.29 bits per heavy atom. The largest absolute Gasteiger partial charge is 0.469 e. The summed E-state index contributed by atoms with van der Waals surface area (Å²) in [6.07, 6.45) is 4.78. The van der Waals surface area contributed by atoms with Crippen LogP contribution in [0.2, 0.25) is 0 Å². The molecule has 0 saturated carbocycles.